The molecule has 0 aliphatic rings. The first-order valence-electron chi connectivity index (χ1n) is 8.34. The fraction of sp³-hybridized carbons (Fsp3) is 0.316. The zero-order chi connectivity index (χ0) is 20.0. The summed E-state index contributed by atoms with van der Waals surface area (Å²) in [6.45, 7) is 3.66. The highest BCUT2D eigenvalue weighted by Gasteiger charge is 2.17. The molecule has 8 nitrogen and oxygen atoms in total. The second-order valence-electron chi connectivity index (χ2n) is 5.95. The molecule has 1 heterocycles. The number of benzene rings is 1. The molecule has 0 aliphatic carbocycles. The number of hydrogen-bond acceptors (Lipinski definition) is 6. The van der Waals surface area contributed by atoms with Crippen LogP contribution in [0.25, 0.3) is 0 Å². The number of aryl methyl sites for hydroxylation is 2. The summed E-state index contributed by atoms with van der Waals surface area (Å²) >= 11 is 0. The van der Waals surface area contributed by atoms with Gasteiger partial charge in [-0.3, -0.25) is 9.59 Å². The van der Waals surface area contributed by atoms with Crippen LogP contribution in [0.2, 0.25) is 0 Å². The molecule has 8 heteroatoms. The van der Waals surface area contributed by atoms with Crippen molar-refractivity contribution in [2.24, 2.45) is 0 Å². The predicted octanol–water partition coefficient (Wildman–Crippen LogP) is 1.86. The van der Waals surface area contributed by atoms with Crippen molar-refractivity contribution in [2.75, 3.05) is 19.0 Å². The lowest BCUT2D eigenvalue weighted by molar-refractivity contribution is -0.136. The van der Waals surface area contributed by atoms with Gasteiger partial charge in [0.2, 0.25) is 0 Å². The summed E-state index contributed by atoms with van der Waals surface area (Å²) in [4.78, 5) is 35.1. The van der Waals surface area contributed by atoms with Crippen LogP contribution in [0.1, 0.15) is 40.0 Å². The number of esters is 1. The monoisotopic (exact) mass is 374 g/mol. The van der Waals surface area contributed by atoms with Gasteiger partial charge in [0.25, 0.3) is 0 Å². The average molecular weight is 374 g/mol. The van der Waals surface area contributed by atoms with Gasteiger partial charge < -0.3 is 24.9 Å². The number of anilines is 1. The van der Waals surface area contributed by atoms with Crippen molar-refractivity contribution in [3.8, 4) is 0 Å². The third-order valence-electron chi connectivity index (χ3n) is 3.91. The molecule has 2 amide bonds. The van der Waals surface area contributed by atoms with E-state index in [4.69, 9.17) is 4.42 Å². The van der Waals surface area contributed by atoms with Crippen LogP contribution in [-0.2, 0) is 14.3 Å². The summed E-state index contributed by atoms with van der Waals surface area (Å²) in [5, 5.41) is 15.0. The van der Waals surface area contributed by atoms with E-state index in [1.165, 1.54) is 31.4 Å². The van der Waals surface area contributed by atoms with Crippen LogP contribution in [0.15, 0.2) is 34.7 Å². The zero-order valence-corrected chi connectivity index (χ0v) is 15.4. The first-order valence-corrected chi connectivity index (χ1v) is 8.34. The lowest BCUT2D eigenvalue weighted by atomic mass is 10.1. The first kappa shape index (κ1) is 20.2. The van der Waals surface area contributed by atoms with E-state index >= 15 is 0 Å². The molecular weight excluding hydrogens is 352 g/mol. The second kappa shape index (κ2) is 9.00. The van der Waals surface area contributed by atoms with Gasteiger partial charge in [0.05, 0.1) is 18.8 Å². The lowest BCUT2D eigenvalue weighted by Gasteiger charge is -2.11. The second-order valence-corrected chi connectivity index (χ2v) is 5.95. The summed E-state index contributed by atoms with van der Waals surface area (Å²) in [7, 11) is 1.27. The zero-order valence-electron chi connectivity index (χ0n) is 15.4. The minimum atomic E-state index is -0.842. The Kier molecular flexibility index (Phi) is 6.73. The van der Waals surface area contributed by atoms with E-state index in [-0.39, 0.29) is 13.0 Å². The van der Waals surface area contributed by atoms with Crippen LogP contribution < -0.4 is 10.6 Å². The highest BCUT2D eigenvalue weighted by atomic mass is 16.5. The highest BCUT2D eigenvalue weighted by Crippen LogP contribution is 2.23. The van der Waals surface area contributed by atoms with Crippen molar-refractivity contribution in [1.82, 2.24) is 5.32 Å². The number of ether oxygens (including phenoxy) is 1. The van der Waals surface area contributed by atoms with E-state index in [0.717, 1.165) is 0 Å². The molecule has 3 N–H and O–H groups in total. The van der Waals surface area contributed by atoms with Crippen molar-refractivity contribution >= 4 is 23.5 Å². The largest absolute Gasteiger partial charge is 0.466 e. The van der Waals surface area contributed by atoms with Gasteiger partial charge in [-0.1, -0.05) is 0 Å². The van der Waals surface area contributed by atoms with Gasteiger partial charge in [0.1, 0.15) is 11.5 Å². The summed E-state index contributed by atoms with van der Waals surface area (Å²) in [6, 6.07) is 7.68. The van der Waals surface area contributed by atoms with Gasteiger partial charge in [0, 0.05) is 17.8 Å². The molecule has 1 atom stereocenters. The van der Waals surface area contributed by atoms with Crippen LogP contribution in [0.5, 0.6) is 0 Å². The molecule has 0 radical (unpaired) electrons. The topological polar surface area (TPSA) is 118 Å². The van der Waals surface area contributed by atoms with Gasteiger partial charge >= 0.3 is 17.8 Å². The molecular formula is C19H22N2O6. The van der Waals surface area contributed by atoms with Crippen LogP contribution in [-0.4, -0.2) is 36.5 Å². The van der Waals surface area contributed by atoms with E-state index in [1.807, 2.05) is 0 Å². The molecule has 1 unspecified atom stereocenters. The van der Waals surface area contributed by atoms with E-state index in [1.54, 1.807) is 19.9 Å². The van der Waals surface area contributed by atoms with Crippen LogP contribution in [0, 0.1) is 13.8 Å². The Bertz CT molecular complexity index is 825. The standard InChI is InChI=1S/C19H22N2O6/c1-11-10-15(12(2)27-11)16(22)8-9-20-17(23)18(24)21-14-6-4-13(5-7-14)19(25)26-3/h4-7,10,16,22H,8-9H2,1-3H3,(H,20,23)(H,21,24). The number of aliphatic hydroxyl groups excluding tert-OH is 1. The van der Waals surface area contributed by atoms with Gasteiger partial charge in [-0.15, -0.1) is 0 Å². The average Bonchev–Trinajstić information content (AvgIpc) is 2.99. The molecule has 144 valence electrons. The SMILES string of the molecule is COC(=O)c1ccc(NC(=O)C(=O)NCCC(O)c2cc(C)oc2C)cc1. The molecule has 2 rings (SSSR count). The normalized spacial score (nSPS) is 11.6. The molecule has 0 spiro atoms. The molecule has 0 fully saturated rings. The molecule has 1 aromatic heterocycles. The third-order valence-corrected chi connectivity index (χ3v) is 3.91. The molecule has 0 bridgehead atoms. The third kappa shape index (κ3) is 5.42. The van der Waals surface area contributed by atoms with E-state index < -0.39 is 23.9 Å². The molecule has 27 heavy (non-hydrogen) atoms. The smallest absolute Gasteiger partial charge is 0.337 e. The Morgan fingerprint density at radius 3 is 2.37 bits per heavy atom. The number of carbonyl (C=O) groups excluding carboxylic acids is 3. The van der Waals surface area contributed by atoms with Crippen LogP contribution >= 0.6 is 0 Å². The molecule has 0 aliphatic heterocycles. The van der Waals surface area contributed by atoms with Crippen molar-refractivity contribution < 1.29 is 28.6 Å². The maximum atomic E-state index is 11.9. The Hall–Kier alpha value is -3.13. The van der Waals surface area contributed by atoms with Gasteiger partial charge in [-0.2, -0.15) is 0 Å². The fourth-order valence-corrected chi connectivity index (χ4v) is 2.53. The molecule has 0 saturated heterocycles. The number of nitrogens with one attached hydrogen (secondary N) is 2. The van der Waals surface area contributed by atoms with Crippen LogP contribution in [0.3, 0.4) is 0 Å². The summed E-state index contributed by atoms with van der Waals surface area (Å²) in [5.74, 6) is -0.833. The van der Waals surface area contributed by atoms with Crippen molar-refractivity contribution in [3.05, 3.63) is 53.0 Å². The van der Waals surface area contributed by atoms with Gasteiger partial charge in [0.15, 0.2) is 0 Å². The Labute approximate surface area is 156 Å². The molecule has 1 aromatic carbocycles. The number of amides is 2. The van der Waals surface area contributed by atoms with Crippen LogP contribution in [0.4, 0.5) is 5.69 Å². The number of aliphatic hydroxyl groups is 1. The highest BCUT2D eigenvalue weighted by molar-refractivity contribution is 6.39. The Morgan fingerprint density at radius 1 is 1.15 bits per heavy atom. The molecule has 2 aromatic rings. The Morgan fingerprint density at radius 2 is 1.81 bits per heavy atom. The number of methoxy groups -OCH3 is 1. The summed E-state index contributed by atoms with van der Waals surface area (Å²) < 4.78 is 9.94. The lowest BCUT2D eigenvalue weighted by Crippen LogP contribution is -2.36. The molecule has 0 saturated carbocycles. The van der Waals surface area contributed by atoms with Crippen molar-refractivity contribution in [1.29, 1.82) is 0 Å². The van der Waals surface area contributed by atoms with E-state index in [9.17, 15) is 19.5 Å². The number of rotatable bonds is 6. The predicted molar refractivity (Wildman–Crippen MR) is 97.2 cm³/mol. The van der Waals surface area contributed by atoms with Gasteiger partial charge in [-0.25, -0.2) is 4.79 Å². The minimum Gasteiger partial charge on any atom is -0.466 e. The number of hydrogen-bond donors (Lipinski definition) is 3. The minimum absolute atomic E-state index is 0.123. The summed E-state index contributed by atoms with van der Waals surface area (Å²) in [5.41, 5.74) is 1.36. The maximum Gasteiger partial charge on any atom is 0.337 e. The van der Waals surface area contributed by atoms with Gasteiger partial charge in [-0.05, 0) is 50.6 Å². The first-order chi connectivity index (χ1) is 12.8. The quantitative estimate of drug-likeness (QED) is 0.525. The van der Waals surface area contributed by atoms with Crippen molar-refractivity contribution in [2.45, 2.75) is 26.4 Å². The summed E-state index contributed by atoms with van der Waals surface area (Å²) in [6.07, 6.45) is -0.552. The van der Waals surface area contributed by atoms with Crippen molar-refractivity contribution in [3.63, 3.8) is 0 Å². The fourth-order valence-electron chi connectivity index (χ4n) is 2.53. The number of furan rings is 1. The number of carbonyl (C=O) groups is 3. The van der Waals surface area contributed by atoms with E-state index in [2.05, 4.69) is 15.4 Å². The maximum absolute atomic E-state index is 11.9. The van der Waals surface area contributed by atoms with E-state index in [0.29, 0.717) is 28.3 Å². The Balaban J connectivity index is 1.81.